The molecule has 0 saturated carbocycles. The summed E-state index contributed by atoms with van der Waals surface area (Å²) >= 11 is 0. The van der Waals surface area contributed by atoms with Gasteiger partial charge < -0.3 is 64.1 Å². The molecule has 0 unspecified atom stereocenters. The molecule has 0 aliphatic heterocycles. The van der Waals surface area contributed by atoms with Crippen molar-refractivity contribution in [2.24, 2.45) is 17.2 Å². The number of nitrogens with zero attached hydrogens (tertiary/aromatic N) is 1. The Kier molecular flexibility index (Phi) is 17.6. The van der Waals surface area contributed by atoms with Crippen LogP contribution in [0.4, 0.5) is 0 Å². The highest BCUT2D eigenvalue weighted by atomic mass is 16.4. The number of nitrogens with one attached hydrogen (secondary N) is 6. The number of aliphatic carboxylic acids is 1. The van der Waals surface area contributed by atoms with Crippen LogP contribution in [0.3, 0.4) is 0 Å². The van der Waals surface area contributed by atoms with Crippen LogP contribution in [0.2, 0.25) is 0 Å². The van der Waals surface area contributed by atoms with Gasteiger partial charge in [0.15, 0.2) is 0 Å². The first-order valence-electron chi connectivity index (χ1n) is 14.9. The molecule has 0 aromatic carbocycles. The van der Waals surface area contributed by atoms with Gasteiger partial charge >= 0.3 is 5.97 Å². The number of aliphatic hydroxyl groups excluding tert-OH is 2. The smallest absolute Gasteiger partial charge is 0.326 e. The third-order valence-corrected chi connectivity index (χ3v) is 6.84. The van der Waals surface area contributed by atoms with Crippen molar-refractivity contribution in [3.05, 3.63) is 18.2 Å². The van der Waals surface area contributed by atoms with Crippen molar-refractivity contribution in [1.29, 1.82) is 0 Å². The van der Waals surface area contributed by atoms with E-state index in [2.05, 4.69) is 36.6 Å². The number of nitrogens with two attached hydrogens (primary N) is 3. The van der Waals surface area contributed by atoms with Gasteiger partial charge in [-0.25, -0.2) is 9.78 Å². The van der Waals surface area contributed by atoms with Crippen molar-refractivity contribution in [2.45, 2.75) is 94.7 Å². The molecule has 0 fully saturated rings. The molecule has 20 heteroatoms. The van der Waals surface area contributed by atoms with Crippen molar-refractivity contribution in [3.8, 4) is 0 Å². The van der Waals surface area contributed by atoms with E-state index >= 15 is 0 Å². The highest BCUT2D eigenvalue weighted by Gasteiger charge is 2.33. The molecular weight excluding hydrogens is 624 g/mol. The zero-order chi connectivity index (χ0) is 35.7. The van der Waals surface area contributed by atoms with Gasteiger partial charge in [-0.2, -0.15) is 0 Å². The molecule has 6 amide bonds. The number of carbonyl (C=O) groups is 7. The summed E-state index contributed by atoms with van der Waals surface area (Å²) in [4.78, 5) is 93.5. The van der Waals surface area contributed by atoms with E-state index in [0.29, 0.717) is 25.1 Å². The Morgan fingerprint density at radius 1 is 0.851 bits per heavy atom. The number of aromatic nitrogens is 2. The molecule has 1 aromatic heterocycles. The largest absolute Gasteiger partial charge is 0.480 e. The van der Waals surface area contributed by atoms with Gasteiger partial charge in [-0.3, -0.25) is 28.8 Å². The number of aromatic amines is 1. The number of hydrogen-bond donors (Lipinski definition) is 12. The quantitative estimate of drug-likeness (QED) is 0.0513. The fourth-order valence-corrected chi connectivity index (χ4v) is 4.07. The fraction of sp³-hybridized carbons (Fsp3) is 0.630. The lowest BCUT2D eigenvalue weighted by atomic mass is 10.1. The Hall–Kier alpha value is -4.66. The van der Waals surface area contributed by atoms with Gasteiger partial charge in [0.1, 0.15) is 30.2 Å². The number of carbonyl (C=O) groups excluding carboxylic acids is 6. The molecule has 7 atom stereocenters. The zero-order valence-corrected chi connectivity index (χ0v) is 26.2. The average molecular weight is 671 g/mol. The molecule has 20 nitrogen and oxygen atoms in total. The van der Waals surface area contributed by atoms with E-state index in [-0.39, 0.29) is 25.7 Å². The molecule has 47 heavy (non-hydrogen) atoms. The topological polar surface area (TPSA) is 347 Å². The van der Waals surface area contributed by atoms with Crippen LogP contribution in [0.1, 0.15) is 51.6 Å². The maximum Gasteiger partial charge on any atom is 0.326 e. The highest BCUT2D eigenvalue weighted by molar-refractivity contribution is 5.96. The molecule has 0 saturated heterocycles. The summed E-state index contributed by atoms with van der Waals surface area (Å²) in [7, 11) is 0. The first kappa shape index (κ1) is 40.4. The molecule has 264 valence electrons. The first-order chi connectivity index (χ1) is 22.1. The number of primary amides is 1. The van der Waals surface area contributed by atoms with Crippen LogP contribution in [-0.2, 0) is 40.0 Å². The monoisotopic (exact) mass is 670 g/mol. The Balaban J connectivity index is 2.98. The van der Waals surface area contributed by atoms with Crippen molar-refractivity contribution in [2.75, 3.05) is 13.2 Å². The highest BCUT2D eigenvalue weighted by Crippen LogP contribution is 2.05. The molecule has 0 aliphatic carbocycles. The van der Waals surface area contributed by atoms with Crippen LogP contribution >= 0.6 is 0 Å². The standard InChI is InChI=1S/C27H46N10O10/c1-13(22(41)37-21(14(2)39)26(45)34-17(27(46)47)5-3-4-8-28)33-24(43)18(9-15-10-31-12-32-15)35-25(44)19(11-38)36-23(42)16(29)6-7-20(30)40/h10,12-14,16-19,21,38-39H,3-9,11,28-29H2,1-2H3,(H2,30,40)(H,31,32)(H,33,43)(H,34,45)(H,35,44)(H,36,42)(H,37,41)(H,46,47)/t13-,14+,16-,17-,18-,19-,21-/m0/s1. The van der Waals surface area contributed by atoms with E-state index < -0.39 is 90.4 Å². The minimum atomic E-state index is -1.58. The second-order valence-electron chi connectivity index (χ2n) is 10.8. The van der Waals surface area contributed by atoms with Crippen LogP contribution in [0, 0.1) is 0 Å². The maximum absolute atomic E-state index is 13.3. The molecule has 1 heterocycles. The number of hydrogen-bond acceptors (Lipinski definition) is 12. The van der Waals surface area contributed by atoms with Gasteiger partial charge in [0.2, 0.25) is 35.4 Å². The molecule has 0 bridgehead atoms. The summed E-state index contributed by atoms with van der Waals surface area (Å²) in [6.07, 6.45) is 1.77. The van der Waals surface area contributed by atoms with Crippen molar-refractivity contribution < 1.29 is 48.9 Å². The summed E-state index contributed by atoms with van der Waals surface area (Å²) in [5, 5.41) is 40.9. The normalized spacial score (nSPS) is 15.4. The Bertz CT molecular complexity index is 1210. The number of amides is 6. The molecule has 0 spiro atoms. The zero-order valence-electron chi connectivity index (χ0n) is 26.2. The SMILES string of the molecule is C[C@H](NC(=O)[C@H](Cc1cnc[nH]1)NC(=O)[C@H](CO)NC(=O)[C@@H](N)CCC(N)=O)C(=O)N[C@H](C(=O)N[C@@H](CCCCN)C(=O)O)[C@@H](C)O. The first-order valence-corrected chi connectivity index (χ1v) is 14.9. The lowest BCUT2D eigenvalue weighted by molar-refractivity contribution is -0.143. The van der Waals surface area contributed by atoms with Gasteiger partial charge in [0.25, 0.3) is 0 Å². The predicted octanol–water partition coefficient (Wildman–Crippen LogP) is -5.42. The number of rotatable bonds is 22. The summed E-state index contributed by atoms with van der Waals surface area (Å²) in [6.45, 7) is 1.91. The van der Waals surface area contributed by atoms with Crippen LogP contribution in [0.5, 0.6) is 0 Å². The summed E-state index contributed by atoms with van der Waals surface area (Å²) in [6, 6.07) is -8.36. The molecule has 15 N–H and O–H groups in total. The van der Waals surface area contributed by atoms with Gasteiger partial charge in [-0.1, -0.05) is 0 Å². The number of imidazole rings is 1. The number of carboxylic acids is 1. The van der Waals surface area contributed by atoms with Crippen LogP contribution in [0.25, 0.3) is 0 Å². The molecular formula is C27H46N10O10. The van der Waals surface area contributed by atoms with Crippen molar-refractivity contribution >= 4 is 41.4 Å². The van der Waals surface area contributed by atoms with E-state index in [0.717, 1.165) is 0 Å². The van der Waals surface area contributed by atoms with Crippen molar-refractivity contribution in [1.82, 2.24) is 36.6 Å². The summed E-state index contributed by atoms with van der Waals surface area (Å²) < 4.78 is 0. The van der Waals surface area contributed by atoms with E-state index in [4.69, 9.17) is 17.2 Å². The van der Waals surface area contributed by atoms with Gasteiger partial charge in [-0.05, 0) is 46.1 Å². The molecule has 0 aliphatic rings. The van der Waals surface area contributed by atoms with Crippen molar-refractivity contribution in [3.63, 3.8) is 0 Å². The van der Waals surface area contributed by atoms with E-state index in [9.17, 15) is 48.9 Å². The third-order valence-electron chi connectivity index (χ3n) is 6.84. The Morgan fingerprint density at radius 2 is 1.47 bits per heavy atom. The van der Waals surface area contributed by atoms with Crippen LogP contribution in [0.15, 0.2) is 12.5 Å². The van der Waals surface area contributed by atoms with Crippen LogP contribution < -0.4 is 43.8 Å². The molecule has 1 aromatic rings. The fourth-order valence-electron chi connectivity index (χ4n) is 4.07. The number of aliphatic hydroxyl groups is 2. The lowest BCUT2D eigenvalue weighted by Crippen LogP contribution is -2.60. The van der Waals surface area contributed by atoms with Crippen LogP contribution in [-0.4, -0.2) is 122 Å². The average Bonchev–Trinajstić information content (AvgIpc) is 3.52. The number of H-pyrrole nitrogens is 1. The maximum atomic E-state index is 13.3. The Labute approximate surface area is 270 Å². The Morgan fingerprint density at radius 3 is 2.00 bits per heavy atom. The summed E-state index contributed by atoms with van der Waals surface area (Å²) in [5.74, 6) is -6.63. The third kappa shape index (κ3) is 14.5. The minimum absolute atomic E-state index is 0.0670. The van der Waals surface area contributed by atoms with Gasteiger partial charge in [0.05, 0.1) is 25.1 Å². The summed E-state index contributed by atoms with van der Waals surface area (Å²) in [5.41, 5.74) is 16.6. The predicted molar refractivity (Wildman–Crippen MR) is 163 cm³/mol. The second kappa shape index (κ2) is 20.5. The second-order valence-corrected chi connectivity index (χ2v) is 10.8. The number of carboxylic acid groups (broad SMARTS) is 1. The minimum Gasteiger partial charge on any atom is -0.480 e. The van der Waals surface area contributed by atoms with E-state index in [1.807, 2.05) is 0 Å². The number of unbranched alkanes of at least 4 members (excludes halogenated alkanes) is 1. The molecule has 0 radical (unpaired) electrons. The van der Waals surface area contributed by atoms with E-state index in [1.54, 1.807) is 0 Å². The van der Waals surface area contributed by atoms with Gasteiger partial charge in [0, 0.05) is 24.7 Å². The van der Waals surface area contributed by atoms with E-state index in [1.165, 1.54) is 26.4 Å². The lowest BCUT2D eigenvalue weighted by Gasteiger charge is -2.26. The van der Waals surface area contributed by atoms with Gasteiger partial charge in [-0.15, -0.1) is 0 Å². The molecule has 1 rings (SSSR count).